The van der Waals surface area contributed by atoms with Crippen LogP contribution in [0.15, 0.2) is 103 Å². The van der Waals surface area contributed by atoms with Crippen LogP contribution in [-0.4, -0.2) is 23.6 Å². The van der Waals surface area contributed by atoms with Crippen molar-refractivity contribution in [3.8, 4) is 11.1 Å². The Balaban J connectivity index is 0.000000213. The Morgan fingerprint density at radius 2 is 1.46 bits per heavy atom. The van der Waals surface area contributed by atoms with Crippen molar-refractivity contribution in [1.29, 1.82) is 0 Å². The van der Waals surface area contributed by atoms with Gasteiger partial charge in [0.25, 0.3) is 0 Å². The summed E-state index contributed by atoms with van der Waals surface area (Å²) >= 11 is 1.51. The van der Waals surface area contributed by atoms with Crippen molar-refractivity contribution < 1.29 is 5.11 Å². The van der Waals surface area contributed by atoms with Gasteiger partial charge in [-0.05, 0) is 63.8 Å². The van der Waals surface area contributed by atoms with E-state index in [1.807, 2.05) is 37.3 Å². The van der Waals surface area contributed by atoms with E-state index in [9.17, 15) is 0 Å². The minimum atomic E-state index is -0.858. The minimum Gasteiger partial charge on any atom is -0.386 e. The molecule has 1 aliphatic rings. The lowest BCUT2D eigenvalue weighted by atomic mass is 9.71. The van der Waals surface area contributed by atoms with Crippen LogP contribution in [0.1, 0.15) is 48.6 Å². The van der Waals surface area contributed by atoms with Crippen LogP contribution in [-0.2, 0) is 5.44 Å². The molecule has 0 unspecified atom stereocenters. The maximum Gasteiger partial charge on any atom is 0.108 e. The first kappa shape index (κ1) is 30.4. The molecule has 3 aromatic carbocycles. The summed E-state index contributed by atoms with van der Waals surface area (Å²) in [6.45, 7) is 16.0. The fourth-order valence-electron chi connectivity index (χ4n) is 3.94. The third kappa shape index (κ3) is 8.93. The first-order valence-corrected chi connectivity index (χ1v) is 13.4. The Morgan fingerprint density at radius 3 is 1.86 bits per heavy atom. The van der Waals surface area contributed by atoms with E-state index in [0.717, 1.165) is 22.3 Å². The molecule has 3 N–H and O–H groups in total. The molecule has 1 aliphatic carbocycles. The summed E-state index contributed by atoms with van der Waals surface area (Å²) in [5.41, 5.74) is 14.7. The molecule has 0 bridgehead atoms. The highest BCUT2D eigenvalue weighted by Gasteiger charge is 2.35. The van der Waals surface area contributed by atoms with E-state index < -0.39 is 5.44 Å². The monoisotopic (exact) mass is 509 g/mol. The third-order valence-electron chi connectivity index (χ3n) is 6.04. The number of hydrogen-bond acceptors (Lipinski definition) is 3. The summed E-state index contributed by atoms with van der Waals surface area (Å²) in [6.07, 6.45) is 7.86. The minimum absolute atomic E-state index is 0.00891. The fourth-order valence-corrected chi connectivity index (χ4v) is 4.43. The second kappa shape index (κ2) is 13.7. The lowest BCUT2D eigenvalue weighted by molar-refractivity contribution is 0.374. The Bertz CT molecular complexity index is 1190. The highest BCUT2D eigenvalue weighted by molar-refractivity contribution is 8.00. The fraction of sp³-hybridized carbons (Fsp3) is 0.273. The Kier molecular flexibility index (Phi) is 11.2. The van der Waals surface area contributed by atoms with E-state index in [2.05, 4.69) is 95.8 Å². The number of rotatable bonds is 5. The Hall–Kier alpha value is -2.79. The molecule has 4 rings (SSSR count). The molecule has 0 aliphatic heterocycles. The van der Waals surface area contributed by atoms with Gasteiger partial charge in [0.15, 0.2) is 0 Å². The van der Waals surface area contributed by atoms with Crippen LogP contribution in [0.3, 0.4) is 0 Å². The number of fused-ring (bicyclic) bond motifs is 3. The van der Waals surface area contributed by atoms with Crippen LogP contribution in [0.4, 0.5) is 0 Å². The predicted molar refractivity (Wildman–Crippen MR) is 165 cm³/mol. The summed E-state index contributed by atoms with van der Waals surface area (Å²) in [7, 11) is 6.32. The Morgan fingerprint density at radius 1 is 0.946 bits per heavy atom. The van der Waals surface area contributed by atoms with Gasteiger partial charge in [-0.15, -0.1) is 11.8 Å². The summed E-state index contributed by atoms with van der Waals surface area (Å²) in [6, 6.07) is 22.9. The van der Waals surface area contributed by atoms with Gasteiger partial charge in [-0.1, -0.05) is 120 Å². The Labute approximate surface area is 229 Å². The van der Waals surface area contributed by atoms with Crippen LogP contribution >= 0.6 is 11.8 Å². The van der Waals surface area contributed by atoms with Crippen molar-refractivity contribution in [1.82, 2.24) is 0 Å². The number of aliphatic hydroxyl groups is 1. The van der Waals surface area contributed by atoms with E-state index in [-0.39, 0.29) is 10.7 Å². The highest BCUT2D eigenvalue weighted by atomic mass is 32.2. The molecule has 0 saturated heterocycles. The van der Waals surface area contributed by atoms with Gasteiger partial charge in [-0.2, -0.15) is 0 Å². The van der Waals surface area contributed by atoms with Crippen LogP contribution in [0.5, 0.6) is 0 Å². The number of thioether (sulfide) groups is 1. The van der Waals surface area contributed by atoms with Gasteiger partial charge < -0.3 is 10.8 Å². The molecule has 192 valence electrons. The molecular formula is C33H40BNOS. The molecule has 0 atom stereocenters. The zero-order valence-corrected chi connectivity index (χ0v) is 23.9. The smallest absolute Gasteiger partial charge is 0.108 e. The van der Waals surface area contributed by atoms with E-state index in [1.165, 1.54) is 34.0 Å². The standard InChI is InChI=1S/C15H14BN.C11H18OS.C7H8/c1-9-3-5-11-12-6-4-10(2)8-14(12)15(16,17)13(11)7-9;1-5-6-10(2)7-8-11(3,4)13-9-12;1-7-5-3-2-4-6-7/h3-8H,17H2,1-2H3;5-8,12H,1,9H2,2-4H3;2-6H,1H3/b;8-7-,10-6-;. The van der Waals surface area contributed by atoms with Crippen molar-refractivity contribution in [2.75, 3.05) is 5.94 Å². The van der Waals surface area contributed by atoms with Gasteiger partial charge in [0.2, 0.25) is 0 Å². The van der Waals surface area contributed by atoms with Gasteiger partial charge in [-0.3, -0.25) is 0 Å². The van der Waals surface area contributed by atoms with Crippen molar-refractivity contribution in [3.05, 3.63) is 131 Å². The number of nitrogens with two attached hydrogens (primary N) is 1. The molecule has 0 saturated carbocycles. The first-order valence-electron chi connectivity index (χ1n) is 12.5. The van der Waals surface area contributed by atoms with E-state index in [0.29, 0.717) is 0 Å². The topological polar surface area (TPSA) is 46.2 Å². The number of benzene rings is 3. The van der Waals surface area contributed by atoms with Crippen molar-refractivity contribution >= 4 is 19.6 Å². The van der Waals surface area contributed by atoms with Crippen LogP contribution in [0.2, 0.25) is 0 Å². The highest BCUT2D eigenvalue weighted by Crippen LogP contribution is 2.44. The van der Waals surface area contributed by atoms with Crippen molar-refractivity contribution in [2.45, 2.75) is 51.7 Å². The molecule has 37 heavy (non-hydrogen) atoms. The molecule has 3 aromatic rings. The molecule has 0 fully saturated rings. The number of allylic oxidation sites excluding steroid dienone is 4. The van der Waals surface area contributed by atoms with Gasteiger partial charge in [0.05, 0.1) is 5.94 Å². The molecule has 4 heteroatoms. The first-order chi connectivity index (χ1) is 17.4. The summed E-state index contributed by atoms with van der Waals surface area (Å²) in [4.78, 5) is 0. The summed E-state index contributed by atoms with van der Waals surface area (Å²) < 4.78 is -0.00891. The molecule has 0 spiro atoms. The van der Waals surface area contributed by atoms with E-state index in [4.69, 9.17) is 18.7 Å². The molecule has 0 amide bonds. The molecular weight excluding hydrogens is 469 g/mol. The third-order valence-corrected chi connectivity index (χ3v) is 7.05. The normalized spacial score (nSPS) is 13.6. The van der Waals surface area contributed by atoms with Gasteiger partial charge in [0, 0.05) is 10.2 Å². The SMILES string of the molecule is C=C/C=C(C)\C=C/C(C)(C)SCO.Cc1ccccc1.[B]C1(N)c2cc(C)ccc2-c2ccc(C)cc21. The zero-order valence-electron chi connectivity index (χ0n) is 23.1. The molecule has 0 aromatic heterocycles. The summed E-state index contributed by atoms with van der Waals surface area (Å²) in [5, 5.41) is 8.77. The average molecular weight is 510 g/mol. The number of aliphatic hydroxyl groups excluding tert-OH is 1. The van der Waals surface area contributed by atoms with Crippen LogP contribution in [0, 0.1) is 20.8 Å². The van der Waals surface area contributed by atoms with Gasteiger partial charge in [-0.25, -0.2) is 0 Å². The van der Waals surface area contributed by atoms with Gasteiger partial charge in [0.1, 0.15) is 7.85 Å². The maximum atomic E-state index is 8.77. The number of hydrogen-bond donors (Lipinski definition) is 2. The largest absolute Gasteiger partial charge is 0.386 e. The van der Waals surface area contributed by atoms with Crippen molar-refractivity contribution in [2.24, 2.45) is 5.73 Å². The maximum absolute atomic E-state index is 8.77. The molecule has 0 heterocycles. The summed E-state index contributed by atoms with van der Waals surface area (Å²) in [5.74, 6) is 0.154. The number of aryl methyl sites for hydroxylation is 3. The quantitative estimate of drug-likeness (QED) is 0.210. The van der Waals surface area contributed by atoms with Crippen LogP contribution in [0.25, 0.3) is 11.1 Å². The van der Waals surface area contributed by atoms with Crippen molar-refractivity contribution in [3.63, 3.8) is 0 Å². The zero-order chi connectivity index (χ0) is 27.6. The average Bonchev–Trinajstić information content (AvgIpc) is 3.05. The second-order valence-corrected chi connectivity index (χ2v) is 11.6. The van der Waals surface area contributed by atoms with E-state index >= 15 is 0 Å². The van der Waals surface area contributed by atoms with Crippen LogP contribution < -0.4 is 5.73 Å². The van der Waals surface area contributed by atoms with E-state index in [1.54, 1.807) is 6.08 Å². The molecule has 2 nitrogen and oxygen atoms in total. The lowest BCUT2D eigenvalue weighted by Crippen LogP contribution is -2.36. The lowest BCUT2D eigenvalue weighted by Gasteiger charge is -2.22. The predicted octanol–water partition coefficient (Wildman–Crippen LogP) is 7.74. The molecule has 2 radical (unpaired) electrons. The van der Waals surface area contributed by atoms with Gasteiger partial charge >= 0.3 is 0 Å². The second-order valence-electron chi connectivity index (χ2n) is 9.98.